The van der Waals surface area contributed by atoms with Crippen molar-refractivity contribution >= 4 is 12.2 Å². The van der Waals surface area contributed by atoms with Gasteiger partial charge in [0, 0.05) is 12.0 Å². The minimum absolute atomic E-state index is 0.387. The summed E-state index contributed by atoms with van der Waals surface area (Å²) >= 11 is 0. The molecule has 0 radical (unpaired) electrons. The first-order valence-corrected chi connectivity index (χ1v) is 5.94. The van der Waals surface area contributed by atoms with Crippen LogP contribution in [0.5, 0.6) is 11.5 Å². The minimum Gasteiger partial charge on any atom is -0.493 e. The molecule has 1 aromatic rings. The lowest BCUT2D eigenvalue weighted by Gasteiger charge is -2.12. The zero-order chi connectivity index (χ0) is 14.8. The molecule has 3 N–H and O–H groups in total. The van der Waals surface area contributed by atoms with E-state index < -0.39 is 6.03 Å². The number of primary amides is 1. The maximum atomic E-state index is 10.6. The molecule has 20 heavy (non-hydrogen) atoms. The molecule has 106 valence electrons. The lowest BCUT2D eigenvalue weighted by Crippen LogP contribution is -2.24. The Morgan fingerprint density at radius 2 is 2.40 bits per heavy atom. The number of hydrogen-bond acceptors (Lipinski definition) is 5. The molecule has 0 unspecified atom stereocenters. The van der Waals surface area contributed by atoms with Gasteiger partial charge < -0.3 is 15.2 Å². The molecule has 7 nitrogen and oxygen atoms in total. The minimum atomic E-state index is -0.749. The van der Waals surface area contributed by atoms with Crippen molar-refractivity contribution in [3.05, 3.63) is 23.8 Å². The molecular weight excluding hydrogens is 260 g/mol. The second-order valence-electron chi connectivity index (χ2n) is 3.72. The van der Waals surface area contributed by atoms with Crippen LogP contribution in [0.15, 0.2) is 23.3 Å². The van der Waals surface area contributed by atoms with E-state index in [1.807, 2.05) is 6.07 Å². The van der Waals surface area contributed by atoms with Gasteiger partial charge in [0.15, 0.2) is 11.5 Å². The summed E-state index contributed by atoms with van der Waals surface area (Å²) in [6, 6.07) is 6.57. The zero-order valence-corrected chi connectivity index (χ0v) is 11.1. The van der Waals surface area contributed by atoms with Crippen molar-refractivity contribution in [3.8, 4) is 17.6 Å². The SMILES string of the molecule is COc1cccc(C=NNC(N)=O)c1OCCCC#N. The number of para-hydroxylation sites is 1. The van der Waals surface area contributed by atoms with E-state index in [9.17, 15) is 4.79 Å². The summed E-state index contributed by atoms with van der Waals surface area (Å²) in [6.45, 7) is 0.387. The maximum Gasteiger partial charge on any atom is 0.332 e. The van der Waals surface area contributed by atoms with Gasteiger partial charge in [0.1, 0.15) is 0 Å². The van der Waals surface area contributed by atoms with E-state index in [1.165, 1.54) is 13.3 Å². The molecule has 0 atom stereocenters. The van der Waals surface area contributed by atoms with Gasteiger partial charge in [-0.05, 0) is 18.6 Å². The topological polar surface area (TPSA) is 110 Å². The number of nitrogens with two attached hydrogens (primary N) is 1. The smallest absolute Gasteiger partial charge is 0.332 e. The van der Waals surface area contributed by atoms with E-state index in [4.69, 9.17) is 20.5 Å². The Morgan fingerprint density at radius 1 is 1.60 bits per heavy atom. The zero-order valence-electron chi connectivity index (χ0n) is 11.1. The Hall–Kier alpha value is -2.75. The van der Waals surface area contributed by atoms with Crippen LogP contribution in [0.1, 0.15) is 18.4 Å². The molecule has 0 aromatic heterocycles. The Bertz CT molecular complexity index is 523. The van der Waals surface area contributed by atoms with Crippen LogP contribution in [-0.4, -0.2) is 26.0 Å². The molecule has 0 heterocycles. The fourth-order valence-corrected chi connectivity index (χ4v) is 1.44. The van der Waals surface area contributed by atoms with Gasteiger partial charge in [0.2, 0.25) is 0 Å². The first kappa shape index (κ1) is 15.3. The molecule has 0 saturated heterocycles. The van der Waals surface area contributed by atoms with Crippen LogP contribution in [0.25, 0.3) is 0 Å². The first-order valence-electron chi connectivity index (χ1n) is 5.94. The first-order chi connectivity index (χ1) is 9.69. The molecule has 0 saturated carbocycles. The van der Waals surface area contributed by atoms with Gasteiger partial charge in [0.25, 0.3) is 0 Å². The molecule has 0 aliphatic carbocycles. The number of nitrogens with zero attached hydrogens (tertiary/aromatic N) is 2. The van der Waals surface area contributed by atoms with Crippen molar-refractivity contribution in [2.75, 3.05) is 13.7 Å². The van der Waals surface area contributed by atoms with Crippen molar-refractivity contribution in [2.45, 2.75) is 12.8 Å². The van der Waals surface area contributed by atoms with Crippen molar-refractivity contribution in [2.24, 2.45) is 10.8 Å². The highest BCUT2D eigenvalue weighted by molar-refractivity contribution is 5.86. The van der Waals surface area contributed by atoms with Crippen LogP contribution in [0, 0.1) is 11.3 Å². The van der Waals surface area contributed by atoms with Crippen LogP contribution < -0.4 is 20.6 Å². The summed E-state index contributed by atoms with van der Waals surface area (Å²) in [5.41, 5.74) is 7.65. The van der Waals surface area contributed by atoms with E-state index in [-0.39, 0.29) is 0 Å². The van der Waals surface area contributed by atoms with Crippen molar-refractivity contribution < 1.29 is 14.3 Å². The summed E-state index contributed by atoms with van der Waals surface area (Å²) in [6.07, 6.45) is 2.44. The van der Waals surface area contributed by atoms with Crippen molar-refractivity contribution in [3.63, 3.8) is 0 Å². The molecule has 1 aromatic carbocycles. The van der Waals surface area contributed by atoms with Crippen LogP contribution >= 0.6 is 0 Å². The highest BCUT2D eigenvalue weighted by Gasteiger charge is 2.09. The Labute approximate surface area is 117 Å². The highest BCUT2D eigenvalue weighted by atomic mass is 16.5. The Morgan fingerprint density at radius 3 is 3.05 bits per heavy atom. The Kier molecular flexibility index (Phi) is 6.41. The van der Waals surface area contributed by atoms with E-state index in [0.717, 1.165) is 0 Å². The van der Waals surface area contributed by atoms with Crippen LogP contribution in [0.4, 0.5) is 4.79 Å². The summed E-state index contributed by atoms with van der Waals surface area (Å²) in [7, 11) is 1.53. The average molecular weight is 276 g/mol. The van der Waals surface area contributed by atoms with Gasteiger partial charge in [-0.15, -0.1) is 0 Å². The molecule has 0 fully saturated rings. The lowest BCUT2D eigenvalue weighted by molar-refractivity contribution is 0.249. The highest BCUT2D eigenvalue weighted by Crippen LogP contribution is 2.30. The van der Waals surface area contributed by atoms with Gasteiger partial charge in [-0.2, -0.15) is 10.4 Å². The predicted octanol–water partition coefficient (Wildman–Crippen LogP) is 1.38. The third-order valence-corrected chi connectivity index (χ3v) is 2.29. The van der Waals surface area contributed by atoms with Crippen LogP contribution in [0.2, 0.25) is 0 Å². The average Bonchev–Trinajstić information content (AvgIpc) is 2.44. The number of benzene rings is 1. The number of ether oxygens (including phenoxy) is 2. The largest absolute Gasteiger partial charge is 0.493 e. The molecule has 1 rings (SSSR count). The lowest BCUT2D eigenvalue weighted by atomic mass is 10.2. The molecule has 0 bridgehead atoms. The number of amides is 2. The number of rotatable bonds is 7. The fourth-order valence-electron chi connectivity index (χ4n) is 1.44. The number of hydrazone groups is 1. The number of methoxy groups -OCH3 is 1. The number of carbonyl (C=O) groups excluding carboxylic acids is 1. The Balaban J connectivity index is 2.84. The maximum absolute atomic E-state index is 10.6. The quantitative estimate of drug-likeness (QED) is 0.445. The number of hydrogen-bond donors (Lipinski definition) is 2. The summed E-state index contributed by atoms with van der Waals surface area (Å²) in [5, 5.41) is 12.2. The third-order valence-electron chi connectivity index (χ3n) is 2.29. The number of carbonyl (C=O) groups is 1. The van der Waals surface area contributed by atoms with Crippen molar-refractivity contribution in [1.29, 1.82) is 5.26 Å². The van der Waals surface area contributed by atoms with Gasteiger partial charge in [-0.1, -0.05) is 6.07 Å². The van der Waals surface area contributed by atoms with Gasteiger partial charge in [-0.3, -0.25) is 0 Å². The van der Waals surface area contributed by atoms with Crippen molar-refractivity contribution in [1.82, 2.24) is 5.43 Å². The molecule has 0 spiro atoms. The monoisotopic (exact) mass is 276 g/mol. The van der Waals surface area contributed by atoms with Crippen LogP contribution in [-0.2, 0) is 0 Å². The van der Waals surface area contributed by atoms with E-state index in [0.29, 0.717) is 36.5 Å². The van der Waals surface area contributed by atoms with E-state index in [2.05, 4.69) is 10.5 Å². The number of nitriles is 1. The third kappa shape index (κ3) is 4.86. The molecule has 0 aliphatic heterocycles. The standard InChI is InChI=1S/C13H16N4O3/c1-19-11-6-4-5-10(9-16-17-13(15)18)12(11)20-8-3-2-7-14/h4-6,9H,2-3,8H2,1H3,(H3,15,17,18). The summed E-state index contributed by atoms with van der Waals surface area (Å²) in [5.74, 6) is 1.05. The summed E-state index contributed by atoms with van der Waals surface area (Å²) in [4.78, 5) is 10.6. The number of unbranched alkanes of at least 4 members (excludes halogenated alkanes) is 1. The molecule has 7 heteroatoms. The normalized spacial score (nSPS) is 10.0. The van der Waals surface area contributed by atoms with E-state index in [1.54, 1.807) is 18.2 Å². The molecular formula is C13H16N4O3. The van der Waals surface area contributed by atoms with Crippen LogP contribution in [0.3, 0.4) is 0 Å². The second kappa shape index (κ2) is 8.37. The fraction of sp³-hybridized carbons (Fsp3) is 0.308. The van der Waals surface area contributed by atoms with E-state index >= 15 is 0 Å². The number of urea groups is 1. The predicted molar refractivity (Wildman–Crippen MR) is 73.6 cm³/mol. The second-order valence-corrected chi connectivity index (χ2v) is 3.72. The molecule has 2 amide bonds. The van der Waals surface area contributed by atoms with Gasteiger partial charge in [0.05, 0.1) is 26.0 Å². The summed E-state index contributed by atoms with van der Waals surface area (Å²) < 4.78 is 10.8. The number of nitrogens with one attached hydrogen (secondary N) is 1. The van der Waals surface area contributed by atoms with Gasteiger partial charge >= 0.3 is 6.03 Å². The molecule has 0 aliphatic rings. The van der Waals surface area contributed by atoms with Gasteiger partial charge in [-0.25, -0.2) is 10.2 Å².